The highest BCUT2D eigenvalue weighted by Crippen LogP contribution is 2.30. The highest BCUT2D eigenvalue weighted by Gasteiger charge is 2.32. The highest BCUT2D eigenvalue weighted by atomic mass is 35.5. The molecular weight excluding hydrogens is 384 g/mol. The number of thioether (sulfide) groups is 1. The Balaban J connectivity index is 1.92. The molecule has 2 aromatic rings. The second-order valence-electron chi connectivity index (χ2n) is 5.55. The van der Waals surface area contributed by atoms with Gasteiger partial charge < -0.3 is 4.74 Å². The predicted molar refractivity (Wildman–Crippen MR) is 110 cm³/mol. The van der Waals surface area contributed by atoms with Gasteiger partial charge in [0.15, 0.2) is 5.17 Å². The van der Waals surface area contributed by atoms with E-state index in [1.54, 1.807) is 37.3 Å². The number of aliphatic imine (C=N–C) groups is 1. The Morgan fingerprint density at radius 1 is 1.22 bits per heavy atom. The summed E-state index contributed by atoms with van der Waals surface area (Å²) >= 11 is 7.24. The maximum atomic E-state index is 13.0. The lowest BCUT2D eigenvalue weighted by Gasteiger charge is -2.17. The number of benzene rings is 2. The average molecular weight is 401 g/mol. The molecule has 0 atom stereocenters. The van der Waals surface area contributed by atoms with E-state index in [9.17, 15) is 9.59 Å². The summed E-state index contributed by atoms with van der Waals surface area (Å²) in [6.07, 6.45) is 1.72. The number of nitrogens with zero attached hydrogens (tertiary/aromatic N) is 2. The largest absolute Gasteiger partial charge is 0.465 e. The van der Waals surface area contributed by atoms with Gasteiger partial charge >= 0.3 is 5.97 Å². The fourth-order valence-corrected chi connectivity index (χ4v) is 3.46. The molecule has 1 amide bonds. The van der Waals surface area contributed by atoms with E-state index in [1.165, 1.54) is 4.90 Å². The van der Waals surface area contributed by atoms with Crippen LogP contribution in [0.3, 0.4) is 0 Å². The summed E-state index contributed by atoms with van der Waals surface area (Å²) in [6, 6.07) is 16.4. The van der Waals surface area contributed by atoms with Crippen LogP contribution < -0.4 is 4.90 Å². The second-order valence-corrected chi connectivity index (χ2v) is 6.93. The van der Waals surface area contributed by atoms with Crippen molar-refractivity contribution in [2.45, 2.75) is 6.92 Å². The molecule has 1 heterocycles. The van der Waals surface area contributed by atoms with Crippen molar-refractivity contribution in [2.75, 3.05) is 17.3 Å². The van der Waals surface area contributed by atoms with Gasteiger partial charge in [-0.3, -0.25) is 14.5 Å². The predicted octanol–water partition coefficient (Wildman–Crippen LogP) is 4.38. The molecule has 0 spiro atoms. The molecule has 0 radical (unpaired) electrons. The Kier molecular flexibility index (Phi) is 6.32. The lowest BCUT2D eigenvalue weighted by Crippen LogP contribution is -2.31. The zero-order chi connectivity index (χ0) is 19.2. The average Bonchev–Trinajstić information content (AvgIpc) is 2.96. The lowest BCUT2D eigenvalue weighted by molar-refractivity contribution is -0.139. The number of hydrogen-bond donors (Lipinski definition) is 0. The molecule has 5 nitrogen and oxygen atoms in total. The minimum Gasteiger partial charge on any atom is -0.465 e. The first-order chi connectivity index (χ1) is 13.1. The molecule has 7 heteroatoms. The molecule has 1 aliphatic rings. The summed E-state index contributed by atoms with van der Waals surface area (Å²) in [5.74, 6) is -0.563. The van der Waals surface area contributed by atoms with Crippen molar-refractivity contribution in [3.8, 4) is 0 Å². The third-order valence-electron chi connectivity index (χ3n) is 3.62. The first-order valence-electron chi connectivity index (χ1n) is 8.32. The Morgan fingerprint density at radius 3 is 2.70 bits per heavy atom. The highest BCUT2D eigenvalue weighted by molar-refractivity contribution is 8.14. The maximum Gasteiger partial charge on any atom is 0.316 e. The zero-order valence-electron chi connectivity index (χ0n) is 14.6. The van der Waals surface area contributed by atoms with Gasteiger partial charge in [-0.1, -0.05) is 59.8 Å². The molecule has 0 saturated heterocycles. The number of halogens is 1. The van der Waals surface area contributed by atoms with Crippen molar-refractivity contribution in [3.05, 3.63) is 70.9 Å². The van der Waals surface area contributed by atoms with Gasteiger partial charge in [0, 0.05) is 5.02 Å². The SMILES string of the molecule is CCOC(=O)CSC1=N/C(=C\c2ccccc2)C(=O)N1c1cccc(Cl)c1. The topological polar surface area (TPSA) is 59.0 Å². The first-order valence-corrected chi connectivity index (χ1v) is 9.68. The van der Waals surface area contributed by atoms with Crippen LogP contribution in [0.2, 0.25) is 5.02 Å². The Hall–Kier alpha value is -2.57. The van der Waals surface area contributed by atoms with E-state index in [0.29, 0.717) is 28.2 Å². The van der Waals surface area contributed by atoms with Crippen LogP contribution in [-0.2, 0) is 14.3 Å². The number of carbonyl (C=O) groups excluding carboxylic acids is 2. The number of amides is 1. The van der Waals surface area contributed by atoms with Crippen molar-refractivity contribution >= 4 is 52.2 Å². The molecule has 0 fully saturated rings. The van der Waals surface area contributed by atoms with Gasteiger partial charge in [-0.25, -0.2) is 4.99 Å². The van der Waals surface area contributed by atoms with E-state index < -0.39 is 0 Å². The van der Waals surface area contributed by atoms with E-state index in [-0.39, 0.29) is 17.6 Å². The zero-order valence-corrected chi connectivity index (χ0v) is 16.2. The summed E-state index contributed by atoms with van der Waals surface area (Å²) in [5, 5.41) is 0.924. The maximum absolute atomic E-state index is 13.0. The number of ether oxygens (including phenoxy) is 1. The number of anilines is 1. The fourth-order valence-electron chi connectivity index (χ4n) is 2.47. The number of amidine groups is 1. The normalized spacial score (nSPS) is 15.2. The van der Waals surface area contributed by atoms with Crippen LogP contribution in [0.25, 0.3) is 6.08 Å². The van der Waals surface area contributed by atoms with E-state index in [2.05, 4.69) is 4.99 Å². The van der Waals surface area contributed by atoms with Gasteiger partial charge in [0.25, 0.3) is 5.91 Å². The molecule has 27 heavy (non-hydrogen) atoms. The Morgan fingerprint density at radius 2 is 2.00 bits per heavy atom. The van der Waals surface area contributed by atoms with Crippen LogP contribution >= 0.6 is 23.4 Å². The van der Waals surface area contributed by atoms with Crippen LogP contribution in [-0.4, -0.2) is 29.4 Å². The summed E-state index contributed by atoms with van der Waals surface area (Å²) in [7, 11) is 0. The van der Waals surface area contributed by atoms with Crippen LogP contribution in [0.1, 0.15) is 12.5 Å². The molecule has 138 valence electrons. The third kappa shape index (κ3) is 4.78. The van der Waals surface area contributed by atoms with Crippen LogP contribution in [0, 0.1) is 0 Å². The molecule has 1 aliphatic heterocycles. The van der Waals surface area contributed by atoms with Crippen molar-refractivity contribution in [1.82, 2.24) is 0 Å². The van der Waals surface area contributed by atoms with Crippen molar-refractivity contribution < 1.29 is 14.3 Å². The van der Waals surface area contributed by atoms with Crippen molar-refractivity contribution in [3.63, 3.8) is 0 Å². The Bertz CT molecular complexity index is 912. The Labute approximate surface area is 166 Å². The molecule has 2 aromatic carbocycles. The molecule has 0 N–H and O–H groups in total. The first kappa shape index (κ1) is 19.2. The third-order valence-corrected chi connectivity index (χ3v) is 4.77. The lowest BCUT2D eigenvalue weighted by atomic mass is 10.2. The quantitative estimate of drug-likeness (QED) is 0.552. The van der Waals surface area contributed by atoms with Gasteiger partial charge in [-0.2, -0.15) is 0 Å². The van der Waals surface area contributed by atoms with Gasteiger partial charge in [0.1, 0.15) is 5.70 Å². The van der Waals surface area contributed by atoms with Gasteiger partial charge in [-0.15, -0.1) is 0 Å². The molecule has 0 aromatic heterocycles. The van der Waals surface area contributed by atoms with E-state index in [0.717, 1.165) is 17.3 Å². The molecule has 0 unspecified atom stereocenters. The van der Waals surface area contributed by atoms with Gasteiger partial charge in [0.05, 0.1) is 18.0 Å². The summed E-state index contributed by atoms with van der Waals surface area (Å²) in [4.78, 5) is 30.6. The van der Waals surface area contributed by atoms with E-state index in [4.69, 9.17) is 16.3 Å². The van der Waals surface area contributed by atoms with Crippen LogP contribution in [0.4, 0.5) is 5.69 Å². The van der Waals surface area contributed by atoms with Crippen LogP contribution in [0.5, 0.6) is 0 Å². The molecule has 0 aliphatic carbocycles. The standard InChI is InChI=1S/C20H17ClN2O3S/c1-2-26-18(24)13-27-20-22-17(11-14-7-4-3-5-8-14)19(25)23(20)16-10-6-9-15(21)12-16/h3-12H,2,13H2,1H3/b17-11-. The minimum absolute atomic E-state index is 0.0651. The van der Waals surface area contributed by atoms with Gasteiger partial charge in [-0.05, 0) is 36.8 Å². The molecule has 3 rings (SSSR count). The van der Waals surface area contributed by atoms with E-state index >= 15 is 0 Å². The minimum atomic E-state index is -0.357. The van der Waals surface area contributed by atoms with Crippen LogP contribution in [0.15, 0.2) is 65.3 Å². The fraction of sp³-hybridized carbons (Fsp3) is 0.150. The summed E-state index contributed by atoms with van der Waals surface area (Å²) < 4.78 is 4.96. The monoisotopic (exact) mass is 400 g/mol. The number of rotatable bonds is 5. The summed E-state index contributed by atoms with van der Waals surface area (Å²) in [6.45, 7) is 2.06. The van der Waals surface area contributed by atoms with Gasteiger partial charge in [0.2, 0.25) is 0 Å². The second kappa shape index (κ2) is 8.88. The smallest absolute Gasteiger partial charge is 0.316 e. The number of carbonyl (C=O) groups is 2. The van der Waals surface area contributed by atoms with E-state index in [1.807, 2.05) is 30.3 Å². The van der Waals surface area contributed by atoms with Crippen molar-refractivity contribution in [2.24, 2.45) is 4.99 Å². The molecule has 0 saturated carbocycles. The van der Waals surface area contributed by atoms with Crippen molar-refractivity contribution in [1.29, 1.82) is 0 Å². The molecular formula is C20H17ClN2O3S. The molecule has 0 bridgehead atoms. The summed E-state index contributed by atoms with van der Waals surface area (Å²) in [5.41, 5.74) is 1.76. The number of esters is 1. The number of hydrogen-bond acceptors (Lipinski definition) is 5.